The summed E-state index contributed by atoms with van der Waals surface area (Å²) in [6.07, 6.45) is -4.61. The maximum absolute atomic E-state index is 13.1. The van der Waals surface area contributed by atoms with Gasteiger partial charge in [0, 0.05) is 12.4 Å². The Morgan fingerprint density at radius 2 is 1.63 bits per heavy atom. The number of likely N-dealkylation sites (N-methyl/N-ethyl adjacent to an activating group) is 1. The molecule has 0 radical (unpaired) electrons. The maximum Gasteiger partial charge on any atom is 0.451 e. The molecule has 0 aliphatic rings. The number of hydrogen-bond acceptors (Lipinski definition) is 5. The van der Waals surface area contributed by atoms with Gasteiger partial charge in [0.15, 0.2) is 0 Å². The number of methoxy groups -OCH3 is 1. The molecule has 0 saturated heterocycles. The van der Waals surface area contributed by atoms with Crippen molar-refractivity contribution in [2.75, 3.05) is 32.2 Å². The van der Waals surface area contributed by atoms with Crippen LogP contribution >= 0.6 is 0 Å². The summed E-state index contributed by atoms with van der Waals surface area (Å²) in [6, 6.07) is 13.7. The molecule has 0 amide bonds. The highest BCUT2D eigenvalue weighted by Crippen LogP contribution is 2.31. The molecule has 1 aromatic heterocycles. The van der Waals surface area contributed by atoms with Crippen molar-refractivity contribution in [3.63, 3.8) is 0 Å². The lowest BCUT2D eigenvalue weighted by atomic mass is 10.2. The molecule has 0 atom stereocenters. The van der Waals surface area contributed by atoms with Crippen LogP contribution in [-0.2, 0) is 6.18 Å². The zero-order valence-electron chi connectivity index (χ0n) is 14.8. The van der Waals surface area contributed by atoms with Gasteiger partial charge in [-0.05, 0) is 36.4 Å². The van der Waals surface area contributed by atoms with Crippen molar-refractivity contribution in [2.45, 2.75) is 6.18 Å². The number of hydrogen-bond donors (Lipinski definition) is 0. The fraction of sp³-hybridized carbons (Fsp3) is 0.263. The van der Waals surface area contributed by atoms with Crippen LogP contribution in [0.1, 0.15) is 5.82 Å². The van der Waals surface area contributed by atoms with Crippen LogP contribution in [0.5, 0.6) is 11.5 Å². The number of ether oxygens (including phenoxy) is 2. The summed E-state index contributed by atoms with van der Waals surface area (Å²) in [5.41, 5.74) is 0.248. The molecule has 5 nitrogen and oxygen atoms in total. The molecule has 27 heavy (non-hydrogen) atoms. The SMILES string of the molecule is COc1ccc(OCCN(C)c2nc(C(F)(F)F)nc3ccccc23)cc1. The normalized spacial score (nSPS) is 11.4. The van der Waals surface area contributed by atoms with Gasteiger partial charge in [-0.25, -0.2) is 9.97 Å². The zero-order chi connectivity index (χ0) is 19.4. The van der Waals surface area contributed by atoms with Crippen molar-refractivity contribution in [2.24, 2.45) is 0 Å². The molecule has 0 bridgehead atoms. The van der Waals surface area contributed by atoms with Gasteiger partial charge in [0.2, 0.25) is 5.82 Å². The van der Waals surface area contributed by atoms with Crippen LogP contribution in [0, 0.1) is 0 Å². The third-order valence-corrected chi connectivity index (χ3v) is 3.95. The van der Waals surface area contributed by atoms with E-state index in [1.165, 1.54) is 6.07 Å². The van der Waals surface area contributed by atoms with Gasteiger partial charge in [0.1, 0.15) is 23.9 Å². The zero-order valence-corrected chi connectivity index (χ0v) is 14.8. The number of nitrogens with zero attached hydrogens (tertiary/aromatic N) is 3. The average Bonchev–Trinajstić information content (AvgIpc) is 2.66. The summed E-state index contributed by atoms with van der Waals surface area (Å²) in [6.45, 7) is 0.632. The molecular formula is C19H18F3N3O2. The van der Waals surface area contributed by atoms with Crippen LogP contribution in [0.3, 0.4) is 0 Å². The first-order valence-corrected chi connectivity index (χ1v) is 8.20. The van der Waals surface area contributed by atoms with Crippen molar-refractivity contribution in [1.82, 2.24) is 9.97 Å². The number of aromatic nitrogens is 2. The summed E-state index contributed by atoms with van der Waals surface area (Å²) in [5, 5.41) is 0.553. The average molecular weight is 377 g/mol. The molecule has 0 spiro atoms. The molecule has 0 fully saturated rings. The number of rotatable bonds is 6. The van der Waals surface area contributed by atoms with Crippen LogP contribution < -0.4 is 14.4 Å². The molecule has 1 heterocycles. The summed E-state index contributed by atoms with van der Waals surface area (Å²) in [5.74, 6) is 0.421. The lowest BCUT2D eigenvalue weighted by Crippen LogP contribution is -2.26. The molecular weight excluding hydrogens is 359 g/mol. The van der Waals surface area contributed by atoms with Gasteiger partial charge in [0.05, 0.1) is 19.2 Å². The number of benzene rings is 2. The highest BCUT2D eigenvalue weighted by molar-refractivity contribution is 5.89. The minimum Gasteiger partial charge on any atom is -0.497 e. The monoisotopic (exact) mass is 377 g/mol. The quantitative estimate of drug-likeness (QED) is 0.645. The number of para-hydroxylation sites is 1. The molecule has 0 aliphatic carbocycles. The third-order valence-electron chi connectivity index (χ3n) is 3.95. The van der Waals surface area contributed by atoms with E-state index >= 15 is 0 Å². The number of halogens is 3. The van der Waals surface area contributed by atoms with Crippen LogP contribution in [-0.4, -0.2) is 37.3 Å². The Labute approximate surface area is 154 Å². The van der Waals surface area contributed by atoms with Gasteiger partial charge < -0.3 is 14.4 Å². The van der Waals surface area contributed by atoms with Gasteiger partial charge in [-0.1, -0.05) is 12.1 Å². The van der Waals surface area contributed by atoms with Crippen molar-refractivity contribution in [3.8, 4) is 11.5 Å². The standard InChI is InChI=1S/C19H18F3N3O2/c1-25(11-12-27-14-9-7-13(26-2)8-10-14)17-15-5-3-4-6-16(15)23-18(24-17)19(20,21)22/h3-10H,11-12H2,1-2H3. The summed E-state index contributed by atoms with van der Waals surface area (Å²) >= 11 is 0. The Morgan fingerprint density at radius 1 is 0.963 bits per heavy atom. The van der Waals surface area contributed by atoms with Gasteiger partial charge in [0.25, 0.3) is 0 Å². The molecule has 8 heteroatoms. The lowest BCUT2D eigenvalue weighted by molar-refractivity contribution is -0.144. The highest BCUT2D eigenvalue weighted by atomic mass is 19.4. The predicted octanol–water partition coefficient (Wildman–Crippen LogP) is 4.17. The van der Waals surface area contributed by atoms with Crippen LogP contribution in [0.15, 0.2) is 48.5 Å². The lowest BCUT2D eigenvalue weighted by Gasteiger charge is -2.21. The van der Waals surface area contributed by atoms with Gasteiger partial charge in [-0.2, -0.15) is 13.2 Å². The van der Waals surface area contributed by atoms with Crippen LogP contribution in [0.2, 0.25) is 0 Å². The number of alkyl halides is 3. The highest BCUT2D eigenvalue weighted by Gasteiger charge is 2.35. The second-order valence-corrected chi connectivity index (χ2v) is 5.83. The van der Waals surface area contributed by atoms with E-state index < -0.39 is 12.0 Å². The Bertz CT molecular complexity index is 914. The van der Waals surface area contributed by atoms with Crippen LogP contribution in [0.25, 0.3) is 10.9 Å². The topological polar surface area (TPSA) is 47.5 Å². The fourth-order valence-corrected chi connectivity index (χ4v) is 2.56. The molecule has 0 saturated carbocycles. The Balaban J connectivity index is 1.77. The second-order valence-electron chi connectivity index (χ2n) is 5.83. The number of fused-ring (bicyclic) bond motifs is 1. The van der Waals surface area contributed by atoms with Gasteiger partial charge in [-0.3, -0.25) is 0 Å². The van der Waals surface area contributed by atoms with Gasteiger partial charge in [-0.15, -0.1) is 0 Å². The van der Waals surface area contributed by atoms with Crippen molar-refractivity contribution >= 4 is 16.7 Å². The second kappa shape index (κ2) is 7.69. The van der Waals surface area contributed by atoms with Crippen LogP contribution in [0.4, 0.5) is 19.0 Å². The summed E-state index contributed by atoms with van der Waals surface area (Å²) in [4.78, 5) is 8.99. The number of anilines is 1. The van der Waals surface area contributed by atoms with E-state index in [0.717, 1.165) is 0 Å². The van der Waals surface area contributed by atoms with E-state index in [1.54, 1.807) is 61.5 Å². The van der Waals surface area contributed by atoms with E-state index in [9.17, 15) is 13.2 Å². The molecule has 0 N–H and O–H groups in total. The van der Waals surface area contributed by atoms with Crippen molar-refractivity contribution in [3.05, 3.63) is 54.4 Å². The first kappa shape index (κ1) is 18.8. The first-order chi connectivity index (χ1) is 12.9. The van der Waals surface area contributed by atoms with E-state index in [1.807, 2.05) is 0 Å². The summed E-state index contributed by atoms with van der Waals surface area (Å²) < 4.78 is 50.1. The maximum atomic E-state index is 13.1. The Kier molecular flexibility index (Phi) is 5.34. The molecule has 3 rings (SSSR count). The minimum absolute atomic E-state index is 0.214. The Hall–Kier alpha value is -3.03. The minimum atomic E-state index is -4.61. The predicted molar refractivity (Wildman–Crippen MR) is 96.3 cm³/mol. The smallest absolute Gasteiger partial charge is 0.451 e. The first-order valence-electron chi connectivity index (χ1n) is 8.20. The molecule has 0 unspecified atom stereocenters. The molecule has 3 aromatic rings. The molecule has 142 valence electrons. The van der Waals surface area contributed by atoms with E-state index in [4.69, 9.17) is 9.47 Å². The summed E-state index contributed by atoms with van der Waals surface area (Å²) in [7, 11) is 3.25. The van der Waals surface area contributed by atoms with Crippen molar-refractivity contribution < 1.29 is 22.6 Å². The fourth-order valence-electron chi connectivity index (χ4n) is 2.56. The van der Waals surface area contributed by atoms with E-state index in [-0.39, 0.29) is 17.9 Å². The Morgan fingerprint density at radius 3 is 2.30 bits per heavy atom. The van der Waals surface area contributed by atoms with E-state index in [0.29, 0.717) is 23.4 Å². The molecule has 2 aromatic carbocycles. The third kappa shape index (κ3) is 4.39. The van der Waals surface area contributed by atoms with Gasteiger partial charge >= 0.3 is 6.18 Å². The van der Waals surface area contributed by atoms with Crippen molar-refractivity contribution in [1.29, 1.82) is 0 Å². The largest absolute Gasteiger partial charge is 0.497 e. The van der Waals surface area contributed by atoms with E-state index in [2.05, 4.69) is 9.97 Å². The molecule has 0 aliphatic heterocycles.